The lowest BCUT2D eigenvalue weighted by molar-refractivity contribution is -0.125. The molecule has 2 atom stereocenters. The van der Waals surface area contributed by atoms with Crippen LogP contribution in [0.4, 0.5) is 0 Å². The fourth-order valence-corrected chi connectivity index (χ4v) is 4.60. The van der Waals surface area contributed by atoms with Gasteiger partial charge in [0.2, 0.25) is 5.91 Å². The van der Waals surface area contributed by atoms with Crippen molar-refractivity contribution in [3.8, 4) is 17.2 Å². The summed E-state index contributed by atoms with van der Waals surface area (Å²) in [5.74, 6) is -0.623. The van der Waals surface area contributed by atoms with Gasteiger partial charge in [-0.3, -0.25) is 9.36 Å². The second kappa shape index (κ2) is 9.77. The molecule has 0 spiro atoms. The highest BCUT2D eigenvalue weighted by Gasteiger charge is 2.30. The second-order valence-electron chi connectivity index (χ2n) is 8.74. The Kier molecular flexibility index (Phi) is 6.82. The van der Waals surface area contributed by atoms with E-state index < -0.39 is 5.16 Å². The molecule has 1 amide bonds. The van der Waals surface area contributed by atoms with E-state index in [1.165, 1.54) is 4.57 Å². The van der Waals surface area contributed by atoms with Gasteiger partial charge in [-0.2, -0.15) is 5.26 Å². The monoisotopic (exact) mass is 459 g/mol. The quantitative estimate of drug-likeness (QED) is 0.572. The molecule has 2 N–H and O–H groups in total. The molecule has 8 heteroatoms. The number of carbonyl (C=O) groups excluding carboxylic acids is 1. The molecule has 3 radical (unpaired) electrons. The van der Waals surface area contributed by atoms with E-state index in [0.29, 0.717) is 18.5 Å². The predicted octanol–water partition coefficient (Wildman–Crippen LogP) is 2.63. The fraction of sp³-hybridized carbons (Fsp3) is 0.400. The normalized spacial score (nSPS) is 18.6. The van der Waals surface area contributed by atoms with Crippen LogP contribution in [0.15, 0.2) is 51.7 Å². The molecule has 3 aromatic rings. The summed E-state index contributed by atoms with van der Waals surface area (Å²) >= 11 is 0. The van der Waals surface area contributed by atoms with Crippen LogP contribution in [0.3, 0.4) is 0 Å². The lowest BCUT2D eigenvalue weighted by Crippen LogP contribution is -2.53. The third kappa shape index (κ3) is 5.26. The molecule has 7 nitrogen and oxygen atoms in total. The summed E-state index contributed by atoms with van der Waals surface area (Å²) in [4.78, 5) is 24.6. The Morgan fingerprint density at radius 3 is 2.76 bits per heavy atom. The molecule has 2 heterocycles. The third-order valence-electron chi connectivity index (χ3n) is 6.24. The van der Waals surface area contributed by atoms with E-state index in [1.807, 2.05) is 36.4 Å². The zero-order valence-electron chi connectivity index (χ0n) is 18.7. The zero-order valence-corrected chi connectivity index (χ0v) is 19.7. The molecule has 1 unspecified atom stereocenters. The topological polar surface area (TPSA) is 100 Å². The van der Waals surface area contributed by atoms with E-state index in [0.717, 1.165) is 54.4 Å². The minimum absolute atomic E-state index is 0.100. The smallest absolute Gasteiger partial charge is 0.408 e. The number of hydrogen-bond donors (Lipinski definition) is 2. The average molecular weight is 460 g/mol. The molecule has 0 aliphatic carbocycles. The molecule has 1 saturated heterocycles. The van der Waals surface area contributed by atoms with Crippen LogP contribution in [0.25, 0.3) is 22.2 Å². The van der Waals surface area contributed by atoms with Crippen LogP contribution in [-0.4, -0.2) is 39.0 Å². The Balaban J connectivity index is 1.46. The number of rotatable bonds is 5. The van der Waals surface area contributed by atoms with Gasteiger partial charge >= 0.3 is 5.76 Å². The van der Waals surface area contributed by atoms with Crippen molar-refractivity contribution in [1.29, 1.82) is 5.26 Å². The Bertz CT molecular complexity index is 1230. The number of aromatic nitrogens is 1. The van der Waals surface area contributed by atoms with Gasteiger partial charge in [-0.25, -0.2) is 4.79 Å². The highest BCUT2D eigenvalue weighted by atomic mass is 28.1. The number of hydrogen-bond acceptors (Lipinski definition) is 5. The van der Waals surface area contributed by atoms with Gasteiger partial charge in [0.15, 0.2) is 5.58 Å². The van der Waals surface area contributed by atoms with E-state index in [-0.39, 0.29) is 17.6 Å². The lowest BCUT2D eigenvalue weighted by Gasteiger charge is -2.27. The van der Waals surface area contributed by atoms with Gasteiger partial charge in [-0.15, -0.1) is 0 Å². The Hall–Kier alpha value is -3.15. The van der Waals surface area contributed by atoms with Crippen LogP contribution in [0.5, 0.6) is 0 Å². The molecule has 1 aromatic heterocycles. The number of nitrogens with zero attached hydrogens (tertiary/aromatic N) is 2. The summed E-state index contributed by atoms with van der Waals surface area (Å²) in [6.45, 7) is 1.57. The zero-order chi connectivity index (χ0) is 23.4. The van der Waals surface area contributed by atoms with Gasteiger partial charge in [-0.05, 0) is 48.2 Å². The van der Waals surface area contributed by atoms with Gasteiger partial charge in [0.1, 0.15) is 5.16 Å². The van der Waals surface area contributed by atoms with E-state index in [9.17, 15) is 14.9 Å². The maximum Gasteiger partial charge on any atom is 0.419 e. The highest BCUT2D eigenvalue weighted by molar-refractivity contribution is 6.19. The second-order valence-corrected chi connectivity index (χ2v) is 9.59. The van der Waals surface area contributed by atoms with Gasteiger partial charge in [0.25, 0.3) is 0 Å². The first kappa shape index (κ1) is 23.0. The van der Waals surface area contributed by atoms with Gasteiger partial charge in [0.05, 0.1) is 27.7 Å². The predicted molar refractivity (Wildman–Crippen MR) is 128 cm³/mol. The average Bonchev–Trinajstić information content (AvgIpc) is 3.07. The number of aryl methyl sites for hydroxylation is 1. The van der Waals surface area contributed by atoms with Crippen LogP contribution in [0, 0.1) is 17.2 Å². The van der Waals surface area contributed by atoms with Crippen molar-refractivity contribution < 1.29 is 9.21 Å². The highest BCUT2D eigenvalue weighted by Crippen LogP contribution is 2.25. The standard InChI is InChI=1S/C25H27N4O3Si/c1-29-21-13-19(10-11-22(21)32-24(29)31)18-8-6-17(7-9-18)14-25(33,16-26)28-23(30)20-5-3-2-4-12-27-15-20/h6-11,13,20,27H,2-5,12,14-15H2,1H3,(H,28,30)/t20?,25-/m0/s1. The minimum Gasteiger partial charge on any atom is -0.408 e. The van der Waals surface area contributed by atoms with Gasteiger partial charge in [-0.1, -0.05) is 43.2 Å². The number of nitrogens with one attached hydrogen (secondary N) is 2. The summed E-state index contributed by atoms with van der Waals surface area (Å²) < 4.78 is 6.68. The Morgan fingerprint density at radius 1 is 1.24 bits per heavy atom. The van der Waals surface area contributed by atoms with Crippen LogP contribution >= 0.6 is 0 Å². The lowest BCUT2D eigenvalue weighted by atomic mass is 9.96. The van der Waals surface area contributed by atoms with Gasteiger partial charge in [0, 0.05) is 20.0 Å². The van der Waals surface area contributed by atoms with Gasteiger partial charge < -0.3 is 15.1 Å². The molecular formula is C25H27N4O3Si. The maximum atomic E-state index is 12.8. The van der Waals surface area contributed by atoms with Crippen LogP contribution in [-0.2, 0) is 18.3 Å². The number of amides is 1. The van der Waals surface area contributed by atoms with Crippen molar-refractivity contribution in [1.82, 2.24) is 15.2 Å². The number of carbonyl (C=O) groups is 1. The first-order chi connectivity index (χ1) is 15.9. The number of benzene rings is 2. The van der Waals surface area contributed by atoms with Crippen molar-refractivity contribution in [2.45, 2.75) is 37.3 Å². The van der Waals surface area contributed by atoms with Crippen LogP contribution in [0.1, 0.15) is 31.2 Å². The van der Waals surface area contributed by atoms with E-state index in [2.05, 4.69) is 26.9 Å². The molecule has 33 heavy (non-hydrogen) atoms. The van der Waals surface area contributed by atoms with E-state index in [1.54, 1.807) is 13.1 Å². The summed E-state index contributed by atoms with van der Waals surface area (Å²) in [5.41, 5.74) is 4.15. The molecule has 0 saturated carbocycles. The largest absolute Gasteiger partial charge is 0.419 e. The Morgan fingerprint density at radius 2 is 2.00 bits per heavy atom. The molecular weight excluding hydrogens is 432 g/mol. The number of fused-ring (bicyclic) bond motifs is 1. The number of nitriles is 1. The van der Waals surface area contributed by atoms with Crippen molar-refractivity contribution in [3.63, 3.8) is 0 Å². The molecule has 4 rings (SSSR count). The van der Waals surface area contributed by atoms with Crippen molar-refractivity contribution in [2.75, 3.05) is 13.1 Å². The molecule has 1 fully saturated rings. The van der Waals surface area contributed by atoms with Crippen LogP contribution < -0.4 is 16.4 Å². The van der Waals surface area contributed by atoms with E-state index >= 15 is 0 Å². The van der Waals surface area contributed by atoms with E-state index in [4.69, 9.17) is 4.42 Å². The molecule has 2 aromatic carbocycles. The van der Waals surface area contributed by atoms with Crippen molar-refractivity contribution >= 4 is 27.2 Å². The van der Waals surface area contributed by atoms with Crippen LogP contribution in [0.2, 0.25) is 0 Å². The molecule has 1 aliphatic rings. The minimum atomic E-state index is -1.17. The first-order valence-corrected chi connectivity index (χ1v) is 11.8. The summed E-state index contributed by atoms with van der Waals surface area (Å²) in [5, 5.41) is 14.9. The number of oxazole rings is 1. The maximum absolute atomic E-state index is 12.8. The molecule has 1 aliphatic heterocycles. The first-order valence-electron chi connectivity index (χ1n) is 11.3. The summed E-state index contributed by atoms with van der Waals surface area (Å²) in [6.07, 6.45) is 4.44. The molecule has 0 bridgehead atoms. The molecule has 169 valence electrons. The third-order valence-corrected chi connectivity index (χ3v) is 6.66. The van der Waals surface area contributed by atoms with Crippen molar-refractivity contribution in [2.24, 2.45) is 13.0 Å². The fourth-order valence-electron chi connectivity index (χ4n) is 4.27. The summed E-state index contributed by atoms with van der Waals surface area (Å²) in [7, 11) is 5.21. The SMILES string of the molecule is Cn1c(=O)oc2ccc(-c3ccc(C[C@]([Si])(C#N)NC(=O)C4CCCCCNC4)cc3)cc21. The van der Waals surface area contributed by atoms with Crippen molar-refractivity contribution in [3.05, 3.63) is 58.6 Å². The summed E-state index contributed by atoms with van der Waals surface area (Å²) in [6, 6.07) is 15.7. The Labute approximate surface area is 196 Å².